The van der Waals surface area contributed by atoms with Crippen molar-refractivity contribution in [3.63, 3.8) is 0 Å². The molecule has 5 rings (SSSR count). The standard InChI is InChI=1S/C11H18O4.C11H20O4.C11H18O3.C10H18O3.C9H14O4.C7H14O3.12CH4/c1-4-8(2)10(13)15-11(3)5-6-14-9(12)7-11;1-4-8(2)11(12)15-10-7-5-6-9(13-3)14-10;1-3-8(2)11(13)14-10-6-4-5-9(12)7-10;1-3-8(2)10(11)13-9-6-4-5-7-12-9;1-3-6(2)8(10)13-7-4-5-12-9(7)11;1-4-6(2)7(8)10-5-9-3;;;;;;;;;;;;/h8H,4-7H2,1-3H3;8-10H,4-7H2,1-3H3;8,10H,3-7H2,1-2H3;8-9H,3-7H2,1-2H3;6-7H,3-5H2,1-2H3;6H,4-5H2,1-3H3;12*1H4. The number of cyclic esters (lactones) is 2. The summed E-state index contributed by atoms with van der Waals surface area (Å²) >= 11 is 0. The van der Waals surface area contributed by atoms with Gasteiger partial charge in [-0.1, -0.05) is 172 Å². The Morgan fingerprint density at radius 2 is 0.913 bits per heavy atom. The van der Waals surface area contributed by atoms with Gasteiger partial charge in [-0.05, 0) is 84.0 Å². The average Bonchev–Trinajstić information content (AvgIpc) is 1.69. The van der Waals surface area contributed by atoms with Crippen LogP contribution in [0, 0.1) is 35.5 Å². The van der Waals surface area contributed by atoms with Crippen LogP contribution in [-0.4, -0.2) is 131 Å². The van der Waals surface area contributed by atoms with E-state index in [1.165, 1.54) is 7.11 Å². The molecule has 4 saturated heterocycles. The van der Waals surface area contributed by atoms with Crippen LogP contribution in [0.3, 0.4) is 0 Å². The fraction of sp³-hybridized carbons (Fsp3) is 0.873. The molecule has 0 aromatic heterocycles. The molecule has 560 valence electrons. The summed E-state index contributed by atoms with van der Waals surface area (Å²) in [4.78, 5) is 101. The SMILES string of the molecule is C.C.C.C.C.C.C.C.C.C.C.C.CCC(C)C(=O)OC1(C)CCOC(=O)C1.CCC(C)C(=O)OC1CCCC(=O)C1.CCC(C)C(=O)OC1CCCC(OC)O1.CCC(C)C(=O)OC1CCCCO1.CCC(C)C(=O)OC1CCOC1=O.CCC(C)C(=O)OCOC. The van der Waals surface area contributed by atoms with Crippen LogP contribution in [0.2, 0.25) is 0 Å². The van der Waals surface area contributed by atoms with Crippen molar-refractivity contribution in [2.45, 2.75) is 338 Å². The third-order valence-electron chi connectivity index (χ3n) is 14.1. The first kappa shape index (κ1) is 118. The molecular formula is C71H150O21. The van der Waals surface area contributed by atoms with E-state index in [4.69, 9.17) is 42.6 Å². The molecule has 0 amide bonds. The Morgan fingerprint density at radius 1 is 0.478 bits per heavy atom. The van der Waals surface area contributed by atoms with Crippen LogP contribution >= 0.6 is 0 Å². The highest BCUT2D eigenvalue weighted by atomic mass is 16.8. The second kappa shape index (κ2) is 67.7. The molecule has 21 heteroatoms. The second-order valence-corrected chi connectivity index (χ2v) is 21.2. The van der Waals surface area contributed by atoms with Gasteiger partial charge in [-0.3, -0.25) is 38.4 Å². The van der Waals surface area contributed by atoms with E-state index in [0.29, 0.717) is 38.9 Å². The maximum atomic E-state index is 11.6. The third-order valence-corrected chi connectivity index (χ3v) is 14.1. The van der Waals surface area contributed by atoms with Gasteiger partial charge >= 0.3 is 47.8 Å². The number of carbonyl (C=O) groups excluding carboxylic acids is 9. The van der Waals surface area contributed by atoms with Gasteiger partial charge < -0.3 is 56.8 Å². The molecule has 4 heterocycles. The summed E-state index contributed by atoms with van der Waals surface area (Å²) in [6.45, 7) is 26.0. The van der Waals surface area contributed by atoms with Crippen molar-refractivity contribution in [1.82, 2.24) is 0 Å². The van der Waals surface area contributed by atoms with E-state index in [1.54, 1.807) is 21.0 Å². The van der Waals surface area contributed by atoms with E-state index in [0.717, 1.165) is 96.5 Å². The quantitative estimate of drug-likeness (QED) is 0.0623. The van der Waals surface area contributed by atoms with Crippen molar-refractivity contribution in [2.75, 3.05) is 40.8 Å². The maximum absolute atomic E-state index is 11.6. The van der Waals surface area contributed by atoms with Gasteiger partial charge in [0.15, 0.2) is 13.1 Å². The number of ether oxygens (including phenoxy) is 12. The molecule has 12 atom stereocenters. The van der Waals surface area contributed by atoms with Gasteiger partial charge in [0.05, 0.1) is 61.7 Å². The smallest absolute Gasteiger partial charge is 0.347 e. The zero-order chi connectivity index (χ0) is 60.8. The summed E-state index contributed by atoms with van der Waals surface area (Å²) in [5.74, 6) is -2.08. The Labute approximate surface area is 565 Å². The van der Waals surface area contributed by atoms with Crippen LogP contribution in [0.1, 0.15) is 301 Å². The van der Waals surface area contributed by atoms with E-state index in [2.05, 4.69) is 14.2 Å². The third kappa shape index (κ3) is 51.7. The highest BCUT2D eigenvalue weighted by Gasteiger charge is 2.37. The van der Waals surface area contributed by atoms with Crippen molar-refractivity contribution >= 4 is 53.5 Å². The summed E-state index contributed by atoms with van der Waals surface area (Å²) < 4.78 is 60.5. The summed E-state index contributed by atoms with van der Waals surface area (Å²) in [5, 5.41) is 0. The van der Waals surface area contributed by atoms with Crippen molar-refractivity contribution in [3.8, 4) is 0 Å². The van der Waals surface area contributed by atoms with Gasteiger partial charge in [0.1, 0.15) is 17.5 Å². The molecule has 5 fully saturated rings. The number of esters is 8. The van der Waals surface area contributed by atoms with Gasteiger partial charge in [-0.15, -0.1) is 0 Å². The predicted molar refractivity (Wildman–Crippen MR) is 374 cm³/mol. The molecule has 4 aliphatic heterocycles. The van der Waals surface area contributed by atoms with E-state index < -0.39 is 24.0 Å². The number of methoxy groups -OCH3 is 2. The first-order valence-electron chi connectivity index (χ1n) is 29.2. The zero-order valence-electron chi connectivity index (χ0n) is 51.2. The number of hydrogen-bond acceptors (Lipinski definition) is 21. The van der Waals surface area contributed by atoms with Crippen molar-refractivity contribution < 1.29 is 100.0 Å². The molecule has 0 bridgehead atoms. The molecule has 5 aliphatic rings. The van der Waals surface area contributed by atoms with Gasteiger partial charge in [-0.2, -0.15) is 0 Å². The summed E-state index contributed by atoms with van der Waals surface area (Å²) in [6, 6.07) is 0. The number of rotatable bonds is 20. The van der Waals surface area contributed by atoms with Crippen LogP contribution in [0.15, 0.2) is 0 Å². The van der Waals surface area contributed by atoms with Gasteiger partial charge in [0, 0.05) is 52.7 Å². The average molecular weight is 1340 g/mol. The van der Waals surface area contributed by atoms with Crippen LogP contribution in [0.25, 0.3) is 0 Å². The van der Waals surface area contributed by atoms with Gasteiger partial charge in [0.2, 0.25) is 18.7 Å². The molecule has 0 aromatic carbocycles. The Bertz CT molecular complexity index is 1820. The van der Waals surface area contributed by atoms with Crippen LogP contribution < -0.4 is 0 Å². The lowest BCUT2D eigenvalue weighted by Crippen LogP contribution is -2.41. The fourth-order valence-corrected chi connectivity index (χ4v) is 7.03. The normalized spacial score (nSPS) is 21.2. The first-order chi connectivity index (χ1) is 37.9. The summed E-state index contributed by atoms with van der Waals surface area (Å²) in [7, 11) is 3.09. The summed E-state index contributed by atoms with van der Waals surface area (Å²) in [6.07, 6.45) is 12.6. The van der Waals surface area contributed by atoms with Crippen LogP contribution in [0.4, 0.5) is 0 Å². The van der Waals surface area contributed by atoms with Crippen LogP contribution in [-0.2, 0) is 100.0 Å². The lowest BCUT2D eigenvalue weighted by Gasteiger charge is -2.32. The molecule has 1 saturated carbocycles. The lowest BCUT2D eigenvalue weighted by molar-refractivity contribution is -0.255. The topological polar surface area (TPSA) is 264 Å². The molecule has 92 heavy (non-hydrogen) atoms. The van der Waals surface area contributed by atoms with Crippen molar-refractivity contribution in [2.24, 2.45) is 35.5 Å². The Hall–Kier alpha value is -4.73. The monoisotopic (exact) mass is 1340 g/mol. The van der Waals surface area contributed by atoms with E-state index in [1.807, 2.05) is 76.2 Å². The number of ketones is 1. The molecule has 12 unspecified atom stereocenters. The predicted octanol–water partition coefficient (Wildman–Crippen LogP) is 17.6. The minimum Gasteiger partial charge on any atom is -0.465 e. The molecule has 1 aliphatic carbocycles. The van der Waals surface area contributed by atoms with Crippen molar-refractivity contribution in [3.05, 3.63) is 0 Å². The molecule has 0 radical (unpaired) electrons. The highest BCUT2D eigenvalue weighted by Crippen LogP contribution is 2.27. The Kier molecular flexibility index (Phi) is 86.6. The number of Topliss-reactive ketones (excluding diaryl/α,β-unsaturated/α-hetero) is 1. The summed E-state index contributed by atoms with van der Waals surface area (Å²) in [5.41, 5.74) is -0.671. The minimum atomic E-state index is -0.671. The lowest BCUT2D eigenvalue weighted by atomic mass is 9.96. The molecule has 0 N–H and O–H groups in total. The Balaban J connectivity index is -0.0000000724. The highest BCUT2D eigenvalue weighted by molar-refractivity contribution is 5.82. The molecule has 21 nitrogen and oxygen atoms in total. The minimum absolute atomic E-state index is 0. The number of carbonyl (C=O) groups is 9. The van der Waals surface area contributed by atoms with Gasteiger partial charge in [0.25, 0.3) is 0 Å². The second-order valence-electron chi connectivity index (χ2n) is 21.2. The fourth-order valence-electron chi connectivity index (χ4n) is 7.03. The molecule has 0 aromatic rings. The molecular weight excluding hydrogens is 1190 g/mol. The molecule has 0 spiro atoms. The zero-order valence-corrected chi connectivity index (χ0v) is 51.2. The van der Waals surface area contributed by atoms with Crippen molar-refractivity contribution in [1.29, 1.82) is 0 Å². The maximum Gasteiger partial charge on any atom is 0.347 e. The van der Waals surface area contributed by atoms with E-state index in [-0.39, 0.29) is 204 Å². The Morgan fingerprint density at radius 3 is 1.33 bits per heavy atom. The number of hydrogen-bond donors (Lipinski definition) is 0. The first-order valence-corrected chi connectivity index (χ1v) is 29.2. The van der Waals surface area contributed by atoms with E-state index in [9.17, 15) is 43.2 Å². The van der Waals surface area contributed by atoms with Crippen LogP contribution in [0.5, 0.6) is 0 Å². The largest absolute Gasteiger partial charge is 0.465 e. The van der Waals surface area contributed by atoms with Gasteiger partial charge in [-0.25, -0.2) is 4.79 Å². The van der Waals surface area contributed by atoms with E-state index >= 15 is 0 Å².